The van der Waals surface area contributed by atoms with Gasteiger partial charge in [-0.2, -0.15) is 5.26 Å². The van der Waals surface area contributed by atoms with E-state index < -0.39 is 5.97 Å². The monoisotopic (exact) mass is 474 g/mol. The highest BCUT2D eigenvalue weighted by Gasteiger charge is 2.42. The number of hydrogen-bond acceptors (Lipinski definition) is 4. The largest absolute Gasteiger partial charge is 0.489 e. The minimum atomic E-state index is -0.639. The highest BCUT2D eigenvalue weighted by Crippen LogP contribution is 2.43. The van der Waals surface area contributed by atoms with E-state index in [1.54, 1.807) is 0 Å². The van der Waals surface area contributed by atoms with E-state index in [1.807, 2.05) is 6.07 Å². The molecule has 1 saturated carbocycles. The molecule has 5 rings (SSSR count). The van der Waals surface area contributed by atoms with E-state index in [1.165, 1.54) is 31.2 Å². The van der Waals surface area contributed by atoms with Crippen LogP contribution in [0.5, 0.6) is 5.75 Å². The third-order valence-electron chi connectivity index (χ3n) is 9.09. The molecule has 2 bridgehead atoms. The first kappa shape index (κ1) is 24.1. The van der Waals surface area contributed by atoms with Crippen LogP contribution in [0.25, 0.3) is 10.8 Å². The SMILES string of the molecule is CCC1CCC(Oc2ccc3cc(C(C)N4C5CCCC4CC(C(=O)O)C5)ccc3c2C#N)CC1. The van der Waals surface area contributed by atoms with E-state index in [9.17, 15) is 15.2 Å². The second-order valence-electron chi connectivity index (χ2n) is 11.1. The van der Waals surface area contributed by atoms with Gasteiger partial charge in [0.2, 0.25) is 0 Å². The molecule has 5 nitrogen and oxygen atoms in total. The minimum Gasteiger partial charge on any atom is -0.489 e. The van der Waals surface area contributed by atoms with Crippen LogP contribution in [0.2, 0.25) is 0 Å². The van der Waals surface area contributed by atoms with E-state index >= 15 is 0 Å². The molecular weight excluding hydrogens is 436 g/mol. The van der Waals surface area contributed by atoms with Gasteiger partial charge in [0.1, 0.15) is 17.4 Å². The number of carbonyl (C=O) groups is 1. The first-order valence-electron chi connectivity index (χ1n) is 13.6. The van der Waals surface area contributed by atoms with Crippen molar-refractivity contribution >= 4 is 16.7 Å². The van der Waals surface area contributed by atoms with Crippen molar-refractivity contribution in [3.63, 3.8) is 0 Å². The number of carboxylic acid groups (broad SMARTS) is 1. The Balaban J connectivity index is 1.37. The number of benzene rings is 2. The van der Waals surface area contributed by atoms with Gasteiger partial charge in [0.15, 0.2) is 0 Å². The van der Waals surface area contributed by atoms with Crippen LogP contribution in [0.15, 0.2) is 30.3 Å². The van der Waals surface area contributed by atoms with Gasteiger partial charge in [-0.3, -0.25) is 9.69 Å². The molecule has 2 heterocycles. The maximum absolute atomic E-state index is 11.7. The molecule has 1 N–H and O–H groups in total. The quantitative estimate of drug-likeness (QED) is 0.496. The maximum atomic E-state index is 11.7. The van der Waals surface area contributed by atoms with Crippen LogP contribution in [0, 0.1) is 23.2 Å². The van der Waals surface area contributed by atoms with Crippen LogP contribution in [0.4, 0.5) is 0 Å². The van der Waals surface area contributed by atoms with Crippen molar-refractivity contribution in [1.29, 1.82) is 5.26 Å². The van der Waals surface area contributed by atoms with Crippen LogP contribution in [-0.2, 0) is 4.79 Å². The van der Waals surface area contributed by atoms with Crippen LogP contribution in [0.3, 0.4) is 0 Å². The number of ether oxygens (including phenoxy) is 1. The van der Waals surface area contributed by atoms with Crippen molar-refractivity contribution < 1.29 is 14.6 Å². The maximum Gasteiger partial charge on any atom is 0.306 e. The molecule has 0 aromatic heterocycles. The molecule has 0 amide bonds. The van der Waals surface area contributed by atoms with Gasteiger partial charge >= 0.3 is 5.97 Å². The van der Waals surface area contributed by atoms with Crippen molar-refractivity contribution in [3.8, 4) is 11.8 Å². The fourth-order valence-electron chi connectivity index (χ4n) is 7.06. The van der Waals surface area contributed by atoms with Crippen LogP contribution in [-0.4, -0.2) is 34.2 Å². The van der Waals surface area contributed by atoms with E-state index in [2.05, 4.69) is 49.1 Å². The lowest BCUT2D eigenvalue weighted by atomic mass is 9.77. The van der Waals surface area contributed by atoms with E-state index in [0.717, 1.165) is 55.2 Å². The molecule has 186 valence electrons. The van der Waals surface area contributed by atoms with Gasteiger partial charge in [0, 0.05) is 23.5 Å². The summed E-state index contributed by atoms with van der Waals surface area (Å²) in [6.07, 6.45) is 10.9. The van der Waals surface area contributed by atoms with E-state index in [-0.39, 0.29) is 18.1 Å². The zero-order chi connectivity index (χ0) is 24.5. The number of rotatable bonds is 6. The predicted molar refractivity (Wildman–Crippen MR) is 137 cm³/mol. The average molecular weight is 475 g/mol. The van der Waals surface area contributed by atoms with Crippen molar-refractivity contribution in [1.82, 2.24) is 4.90 Å². The van der Waals surface area contributed by atoms with E-state index in [0.29, 0.717) is 23.4 Å². The van der Waals surface area contributed by atoms with Gasteiger partial charge in [-0.15, -0.1) is 0 Å². The first-order chi connectivity index (χ1) is 17.0. The van der Waals surface area contributed by atoms with Gasteiger partial charge < -0.3 is 9.84 Å². The lowest BCUT2D eigenvalue weighted by Crippen LogP contribution is -2.53. The number of nitrogens with zero attached hydrogens (tertiary/aromatic N) is 2. The summed E-state index contributed by atoms with van der Waals surface area (Å²) in [5.74, 6) is 0.683. The van der Waals surface area contributed by atoms with Gasteiger partial charge in [-0.1, -0.05) is 38.0 Å². The third-order valence-corrected chi connectivity index (χ3v) is 9.09. The summed E-state index contributed by atoms with van der Waals surface area (Å²) in [4.78, 5) is 14.2. The number of fused-ring (bicyclic) bond motifs is 3. The molecule has 2 aliphatic heterocycles. The Morgan fingerprint density at radius 1 is 1.11 bits per heavy atom. The van der Waals surface area contributed by atoms with Crippen LogP contribution >= 0.6 is 0 Å². The summed E-state index contributed by atoms with van der Waals surface area (Å²) in [6.45, 7) is 4.52. The highest BCUT2D eigenvalue weighted by atomic mass is 16.5. The standard InChI is InChI=1S/C30H38N2O3/c1-3-20-7-11-26(12-8-20)35-29-14-10-22-15-21(9-13-27(22)28(29)18-31)19(2)32-24-5-4-6-25(32)17-23(16-24)30(33)34/h9-10,13-15,19-20,23-26H,3-8,11-12,16-17H2,1-2H3,(H,33,34). The van der Waals surface area contributed by atoms with E-state index in [4.69, 9.17) is 4.74 Å². The van der Waals surface area contributed by atoms with Crippen LogP contribution < -0.4 is 4.74 Å². The molecule has 0 spiro atoms. The molecule has 3 fully saturated rings. The molecule has 2 aromatic rings. The second-order valence-corrected chi connectivity index (χ2v) is 11.1. The van der Waals surface area contributed by atoms with Crippen molar-refractivity contribution in [2.45, 2.75) is 102 Å². The fraction of sp³-hybridized carbons (Fsp3) is 0.600. The first-order valence-corrected chi connectivity index (χ1v) is 13.6. The van der Waals surface area contributed by atoms with Crippen molar-refractivity contribution in [3.05, 3.63) is 41.5 Å². The Labute approximate surface area is 209 Å². The molecule has 2 aromatic carbocycles. The van der Waals surface area contributed by atoms with Crippen LogP contribution in [0.1, 0.15) is 95.2 Å². The topological polar surface area (TPSA) is 73.6 Å². The fourth-order valence-corrected chi connectivity index (χ4v) is 7.06. The second kappa shape index (κ2) is 10.2. The molecule has 3 unspecified atom stereocenters. The van der Waals surface area contributed by atoms with Gasteiger partial charge in [-0.05, 0) is 87.3 Å². The zero-order valence-electron chi connectivity index (χ0n) is 21.1. The summed E-state index contributed by atoms with van der Waals surface area (Å²) >= 11 is 0. The molecule has 3 aliphatic rings. The number of piperidine rings is 2. The Morgan fingerprint density at radius 3 is 2.46 bits per heavy atom. The Bertz CT molecular complexity index is 1100. The highest BCUT2D eigenvalue weighted by molar-refractivity contribution is 5.90. The molecular formula is C30H38N2O3. The molecule has 1 aliphatic carbocycles. The average Bonchev–Trinajstić information content (AvgIpc) is 2.87. The van der Waals surface area contributed by atoms with Crippen molar-refractivity contribution in [2.24, 2.45) is 11.8 Å². The predicted octanol–water partition coefficient (Wildman–Crippen LogP) is 6.84. The lowest BCUT2D eigenvalue weighted by molar-refractivity contribution is -0.147. The molecule has 5 heteroatoms. The normalized spacial score (nSPS) is 29.9. The summed E-state index contributed by atoms with van der Waals surface area (Å²) in [5.41, 5.74) is 1.87. The van der Waals surface area contributed by atoms with Gasteiger partial charge in [0.05, 0.1) is 12.0 Å². The lowest BCUT2D eigenvalue weighted by Gasteiger charge is -2.51. The summed E-state index contributed by atoms with van der Waals surface area (Å²) in [6, 6.07) is 13.8. The van der Waals surface area contributed by atoms with Gasteiger partial charge in [0.25, 0.3) is 0 Å². The summed E-state index contributed by atoms with van der Waals surface area (Å²) < 4.78 is 6.35. The number of nitriles is 1. The number of hydrogen-bond donors (Lipinski definition) is 1. The molecule has 2 saturated heterocycles. The molecule has 35 heavy (non-hydrogen) atoms. The summed E-state index contributed by atoms with van der Waals surface area (Å²) in [7, 11) is 0. The van der Waals surface area contributed by atoms with Crippen molar-refractivity contribution in [2.75, 3.05) is 0 Å². The Hall–Kier alpha value is -2.58. The minimum absolute atomic E-state index is 0.204. The molecule has 3 atom stereocenters. The Kier molecular flexibility index (Phi) is 7.02. The summed E-state index contributed by atoms with van der Waals surface area (Å²) in [5, 5.41) is 21.6. The third kappa shape index (κ3) is 4.78. The molecule has 0 radical (unpaired) electrons. The Morgan fingerprint density at radius 2 is 1.83 bits per heavy atom. The number of carboxylic acids is 1. The van der Waals surface area contributed by atoms with Gasteiger partial charge in [-0.25, -0.2) is 0 Å². The number of aliphatic carboxylic acids is 1. The smallest absolute Gasteiger partial charge is 0.306 e. The zero-order valence-corrected chi connectivity index (χ0v) is 21.1.